The van der Waals surface area contributed by atoms with E-state index in [0.29, 0.717) is 34.3 Å². The summed E-state index contributed by atoms with van der Waals surface area (Å²) in [4.78, 5) is 81.0. The predicted molar refractivity (Wildman–Crippen MR) is 250 cm³/mol. The van der Waals surface area contributed by atoms with Gasteiger partial charge in [0, 0.05) is 65.1 Å². The van der Waals surface area contributed by atoms with Gasteiger partial charge in [-0.05, 0) is 47.5 Å². The van der Waals surface area contributed by atoms with Gasteiger partial charge in [0.2, 0.25) is 0 Å². The van der Waals surface area contributed by atoms with Gasteiger partial charge in [0.15, 0.2) is 49.1 Å². The first-order valence-corrected chi connectivity index (χ1v) is 23.0. The molecule has 2 saturated heterocycles. The number of hydrogen-bond acceptors (Lipinski definition) is 22. The van der Waals surface area contributed by atoms with Crippen LogP contribution in [-0.2, 0) is 79.9 Å². The summed E-state index contributed by atoms with van der Waals surface area (Å²) in [6, 6.07) is 22.5. The second-order valence-electron chi connectivity index (χ2n) is 16.9. The van der Waals surface area contributed by atoms with Gasteiger partial charge in [-0.2, -0.15) is 0 Å². The molecule has 4 aromatic heterocycles. The molecule has 6 aromatic rings. The summed E-state index contributed by atoms with van der Waals surface area (Å²) in [5.41, 5.74) is 5.49. The Hall–Kier alpha value is -8.64. The number of rotatable bonds is 17. The lowest BCUT2D eigenvalue weighted by molar-refractivity contribution is -0.241. The molecule has 6 heterocycles. The Labute approximate surface area is 422 Å². The molecule has 0 bridgehead atoms. The van der Waals surface area contributed by atoms with E-state index < -0.39 is 84.9 Å². The van der Waals surface area contributed by atoms with Crippen molar-refractivity contribution in [3.05, 3.63) is 109 Å². The third kappa shape index (κ3) is 13.1. The van der Waals surface area contributed by atoms with E-state index in [0.717, 1.165) is 22.3 Å². The fourth-order valence-electron chi connectivity index (χ4n) is 8.18. The summed E-state index contributed by atoms with van der Waals surface area (Å²) in [6.45, 7) is 6.85. The Morgan fingerprint density at radius 2 is 0.865 bits per heavy atom. The van der Waals surface area contributed by atoms with Crippen LogP contribution < -0.4 is 9.47 Å². The lowest BCUT2D eigenvalue weighted by Gasteiger charge is -2.40. The number of ether oxygens (including phenoxy) is 10. The van der Waals surface area contributed by atoms with Crippen LogP contribution in [0.3, 0.4) is 0 Å². The van der Waals surface area contributed by atoms with Crippen LogP contribution in [0.2, 0.25) is 0 Å². The van der Waals surface area contributed by atoms with Gasteiger partial charge in [-0.15, -0.1) is 10.2 Å². The van der Waals surface area contributed by atoms with Crippen molar-refractivity contribution in [2.45, 2.75) is 104 Å². The molecule has 0 amide bonds. The summed E-state index contributed by atoms with van der Waals surface area (Å²) < 4.78 is 59.0. The first kappa shape index (κ1) is 51.7. The van der Waals surface area contributed by atoms with Crippen LogP contribution >= 0.6 is 0 Å². The fourth-order valence-corrected chi connectivity index (χ4v) is 8.18. The van der Waals surface area contributed by atoms with Crippen LogP contribution in [0.25, 0.3) is 33.6 Å². The zero-order valence-electron chi connectivity index (χ0n) is 40.8. The first-order valence-electron chi connectivity index (χ1n) is 23.0. The SMILES string of the molecule is CC(=O)O[C@@H]1[C@@H](OC(C)=O)[C@H](OC(C)=O)CO[C@H]1n1cc(COc2cccc(-c3ccc(-c4ccc(-c5cccc(OCc6cn([C@@H]7OC[C@@H](OC(C)=O)[C@H](OC(C)=O)[C@H]7OC(C)=O)nn6)c5)cn4)nc3)c2)nn1. The lowest BCUT2D eigenvalue weighted by atomic mass is 10.0. The highest BCUT2D eigenvalue weighted by atomic mass is 16.7. The van der Waals surface area contributed by atoms with Crippen molar-refractivity contribution in [1.82, 2.24) is 40.0 Å². The molecule has 8 atom stereocenters. The zero-order chi connectivity index (χ0) is 52.5. The van der Waals surface area contributed by atoms with Gasteiger partial charge in [0.1, 0.15) is 36.1 Å². The Bertz CT molecular complexity index is 2780. The molecular formula is C50H50N8O16. The summed E-state index contributed by atoms with van der Waals surface area (Å²) in [7, 11) is 0. The highest BCUT2D eigenvalue weighted by molar-refractivity contribution is 5.71. The van der Waals surface area contributed by atoms with Crippen LogP contribution in [-0.4, -0.2) is 126 Å². The van der Waals surface area contributed by atoms with E-state index in [1.54, 1.807) is 36.9 Å². The average Bonchev–Trinajstić information content (AvgIpc) is 4.05. The second kappa shape index (κ2) is 23.3. The standard InChI is InChI=1S/C50H50N8O16/c1-27(59)69-43-25-67-49(47(73-31(5)63)45(43)71-29(3)61)57-21-37(53-55-57)23-65-39-11-7-9-33(17-39)35-13-15-41(51-19-35)42-16-14-36(20-52-42)34-10-8-12-40(18-34)66-24-38-22-58(56-54-38)50-48(74-32(6)64)46(72-30(4)62)44(26-68-50)70-28(2)60/h7-22,43-50H,23-26H2,1-6H3/t43-,44-,45+,46+,47-,48-,49-,50-/m1/s1. The second-order valence-corrected chi connectivity index (χ2v) is 16.9. The topological polar surface area (TPSA) is 282 Å². The number of hydrogen-bond donors (Lipinski definition) is 0. The monoisotopic (exact) mass is 1020 g/mol. The Morgan fingerprint density at radius 1 is 0.486 bits per heavy atom. The summed E-state index contributed by atoms with van der Waals surface area (Å²) in [6.07, 6.45) is -2.35. The number of aromatic nitrogens is 8. The van der Waals surface area contributed by atoms with E-state index in [2.05, 4.69) is 30.6 Å². The molecule has 0 radical (unpaired) electrons. The molecule has 2 aliphatic heterocycles. The predicted octanol–water partition coefficient (Wildman–Crippen LogP) is 4.47. The molecule has 386 valence electrons. The highest BCUT2D eigenvalue weighted by Crippen LogP contribution is 2.33. The number of esters is 6. The molecule has 0 saturated carbocycles. The molecule has 24 heteroatoms. The minimum Gasteiger partial charge on any atom is -0.487 e. The number of benzene rings is 2. The minimum absolute atomic E-state index is 0.0158. The van der Waals surface area contributed by atoms with Gasteiger partial charge >= 0.3 is 35.8 Å². The number of pyridine rings is 2. The molecule has 0 unspecified atom stereocenters. The van der Waals surface area contributed by atoms with Crippen molar-refractivity contribution >= 4 is 35.8 Å². The molecule has 2 aliphatic rings. The smallest absolute Gasteiger partial charge is 0.303 e. The van der Waals surface area contributed by atoms with Crippen molar-refractivity contribution < 1.29 is 76.1 Å². The van der Waals surface area contributed by atoms with Crippen molar-refractivity contribution in [3.8, 4) is 45.1 Å². The first-order chi connectivity index (χ1) is 35.6. The van der Waals surface area contributed by atoms with Gasteiger partial charge in [0.25, 0.3) is 0 Å². The number of carbonyl (C=O) groups excluding carboxylic acids is 6. The average molecular weight is 1020 g/mol. The van der Waals surface area contributed by atoms with Crippen molar-refractivity contribution in [2.75, 3.05) is 13.2 Å². The van der Waals surface area contributed by atoms with Gasteiger partial charge in [0.05, 0.1) is 37.0 Å². The molecule has 24 nitrogen and oxygen atoms in total. The van der Waals surface area contributed by atoms with E-state index in [4.69, 9.17) is 47.4 Å². The largest absolute Gasteiger partial charge is 0.487 e. The van der Waals surface area contributed by atoms with E-state index in [9.17, 15) is 28.8 Å². The Kier molecular flexibility index (Phi) is 16.3. The van der Waals surface area contributed by atoms with Gasteiger partial charge in [-0.3, -0.25) is 38.7 Å². The highest BCUT2D eigenvalue weighted by Gasteiger charge is 2.49. The maximum atomic E-state index is 12.1. The molecular weight excluding hydrogens is 969 g/mol. The van der Waals surface area contributed by atoms with Crippen molar-refractivity contribution in [2.24, 2.45) is 0 Å². The molecule has 74 heavy (non-hydrogen) atoms. The molecule has 0 N–H and O–H groups in total. The normalized spacial score (nSPS) is 21.3. The third-order valence-corrected chi connectivity index (χ3v) is 11.2. The molecule has 2 fully saturated rings. The summed E-state index contributed by atoms with van der Waals surface area (Å²) >= 11 is 0. The number of carbonyl (C=O) groups is 6. The van der Waals surface area contributed by atoms with Crippen molar-refractivity contribution in [3.63, 3.8) is 0 Å². The fraction of sp³-hybridized carbons (Fsp3) is 0.360. The molecule has 0 aliphatic carbocycles. The number of nitrogens with zero attached hydrogens (tertiary/aromatic N) is 8. The van der Waals surface area contributed by atoms with Gasteiger partial charge in [-0.1, -0.05) is 46.8 Å². The van der Waals surface area contributed by atoms with Gasteiger partial charge in [-0.25, -0.2) is 9.36 Å². The van der Waals surface area contributed by atoms with Crippen molar-refractivity contribution in [1.29, 1.82) is 0 Å². The van der Waals surface area contributed by atoms with Crippen LogP contribution in [0.5, 0.6) is 11.5 Å². The summed E-state index contributed by atoms with van der Waals surface area (Å²) in [5.74, 6) is -2.87. The third-order valence-electron chi connectivity index (χ3n) is 11.2. The Morgan fingerprint density at radius 3 is 1.22 bits per heavy atom. The summed E-state index contributed by atoms with van der Waals surface area (Å²) in [5, 5.41) is 16.7. The van der Waals surface area contributed by atoms with Crippen LogP contribution in [0.15, 0.2) is 97.6 Å². The minimum atomic E-state index is -1.21. The van der Waals surface area contributed by atoms with E-state index in [-0.39, 0.29) is 26.4 Å². The van der Waals surface area contributed by atoms with E-state index in [1.807, 2.05) is 60.7 Å². The molecule has 2 aromatic carbocycles. The molecule has 8 rings (SSSR count). The maximum absolute atomic E-state index is 12.1. The lowest BCUT2D eigenvalue weighted by Crippen LogP contribution is -2.55. The van der Waals surface area contributed by atoms with Crippen LogP contribution in [0, 0.1) is 0 Å². The maximum Gasteiger partial charge on any atom is 0.303 e. The van der Waals surface area contributed by atoms with Gasteiger partial charge < -0.3 is 47.4 Å². The van der Waals surface area contributed by atoms with E-state index in [1.165, 1.54) is 50.9 Å². The Balaban J connectivity index is 0.865. The zero-order valence-corrected chi connectivity index (χ0v) is 40.8. The van der Waals surface area contributed by atoms with E-state index >= 15 is 0 Å². The quantitative estimate of drug-likeness (QED) is 0.0900. The van der Waals surface area contributed by atoms with Crippen LogP contribution in [0.4, 0.5) is 0 Å². The van der Waals surface area contributed by atoms with Crippen LogP contribution in [0.1, 0.15) is 65.4 Å². The molecule has 0 spiro atoms.